The Bertz CT molecular complexity index is 1300. The fourth-order valence-corrected chi connectivity index (χ4v) is 7.66. The highest BCUT2D eigenvalue weighted by molar-refractivity contribution is 5.71. The molecule has 0 aliphatic heterocycles. The van der Waals surface area contributed by atoms with E-state index in [0.717, 1.165) is 116 Å². The SMILES string of the molecule is CC/C=C\C/C=C\C/C=C\C/C=C\C/C=C\CCCCCCCCCCCCCC(=O)OCC(COC(=O)CCCCCCCCCC)OC(=O)CCCCCCC/C=C\C/C=C\CCCC. The molecule has 384 valence electrons. The monoisotopic (exact) mass is 933 g/mol. The zero-order valence-electron chi connectivity index (χ0n) is 43.9. The van der Waals surface area contributed by atoms with E-state index >= 15 is 0 Å². The second-order valence-corrected chi connectivity index (χ2v) is 18.5. The first-order valence-corrected chi connectivity index (χ1v) is 28.1. The molecule has 1 unspecified atom stereocenters. The molecular weight excluding hydrogens is 829 g/mol. The Kier molecular flexibility index (Phi) is 52.4. The third-order valence-electron chi connectivity index (χ3n) is 11.9. The molecule has 0 N–H and O–H groups in total. The molecule has 0 spiro atoms. The van der Waals surface area contributed by atoms with Crippen LogP contribution in [0.3, 0.4) is 0 Å². The van der Waals surface area contributed by atoms with Crippen LogP contribution in [-0.4, -0.2) is 37.2 Å². The third-order valence-corrected chi connectivity index (χ3v) is 11.9. The summed E-state index contributed by atoms with van der Waals surface area (Å²) in [7, 11) is 0. The van der Waals surface area contributed by atoms with Gasteiger partial charge in [0.15, 0.2) is 6.10 Å². The first kappa shape index (κ1) is 63.6. The fourth-order valence-electron chi connectivity index (χ4n) is 7.66. The van der Waals surface area contributed by atoms with Gasteiger partial charge in [-0.15, -0.1) is 0 Å². The van der Waals surface area contributed by atoms with Gasteiger partial charge >= 0.3 is 17.9 Å². The number of unbranched alkanes of at least 4 members (excludes halogenated alkanes) is 25. The van der Waals surface area contributed by atoms with Gasteiger partial charge in [-0.25, -0.2) is 0 Å². The Morgan fingerprint density at radius 2 is 0.597 bits per heavy atom. The minimum Gasteiger partial charge on any atom is -0.462 e. The standard InChI is InChI=1S/C61H104O6/c1-4-7-10-13-16-19-21-23-25-26-27-28-29-30-31-32-33-34-35-36-37-39-40-42-45-48-51-54-60(63)66-57-58(56-65-59(62)53-50-47-44-18-15-12-9-6-3)67-61(64)55-52-49-46-43-41-38-24-22-20-17-14-11-8-5-2/h7,10,14,16-17,19,22-25,27-28,30-31,58H,4-6,8-9,11-13,15,18,20-21,26,29,32-57H2,1-3H3/b10-7-,17-14-,19-16-,24-22-,25-23-,28-27-,31-30-. The van der Waals surface area contributed by atoms with Gasteiger partial charge in [-0.05, 0) is 89.9 Å². The van der Waals surface area contributed by atoms with Crippen LogP contribution in [0.1, 0.15) is 265 Å². The molecule has 0 radical (unpaired) electrons. The quantitative estimate of drug-likeness (QED) is 0.0262. The highest BCUT2D eigenvalue weighted by Crippen LogP contribution is 2.15. The maximum atomic E-state index is 12.8. The minimum atomic E-state index is -0.781. The Balaban J connectivity index is 4.18. The van der Waals surface area contributed by atoms with Crippen molar-refractivity contribution in [3.8, 4) is 0 Å². The van der Waals surface area contributed by atoms with Crippen molar-refractivity contribution in [1.29, 1.82) is 0 Å². The molecule has 0 fully saturated rings. The number of carbonyl (C=O) groups is 3. The van der Waals surface area contributed by atoms with Crippen LogP contribution in [0.2, 0.25) is 0 Å². The molecule has 0 aromatic heterocycles. The number of esters is 3. The summed E-state index contributed by atoms with van der Waals surface area (Å²) >= 11 is 0. The summed E-state index contributed by atoms with van der Waals surface area (Å²) in [5, 5.41) is 0. The van der Waals surface area contributed by atoms with Gasteiger partial charge < -0.3 is 14.2 Å². The van der Waals surface area contributed by atoms with E-state index in [1.165, 1.54) is 109 Å². The lowest BCUT2D eigenvalue weighted by molar-refractivity contribution is -0.167. The summed E-state index contributed by atoms with van der Waals surface area (Å²) in [6.45, 7) is 6.45. The summed E-state index contributed by atoms with van der Waals surface area (Å²) in [6.07, 6.45) is 71.6. The molecule has 0 saturated carbocycles. The van der Waals surface area contributed by atoms with Gasteiger partial charge in [0.1, 0.15) is 13.2 Å². The third kappa shape index (κ3) is 53.4. The van der Waals surface area contributed by atoms with Crippen LogP contribution in [0.4, 0.5) is 0 Å². The van der Waals surface area contributed by atoms with E-state index < -0.39 is 6.10 Å². The largest absolute Gasteiger partial charge is 0.462 e. The van der Waals surface area contributed by atoms with E-state index in [2.05, 4.69) is 106 Å². The first-order chi connectivity index (χ1) is 33.0. The lowest BCUT2D eigenvalue weighted by atomic mass is 10.0. The van der Waals surface area contributed by atoms with Crippen molar-refractivity contribution in [1.82, 2.24) is 0 Å². The summed E-state index contributed by atoms with van der Waals surface area (Å²) < 4.78 is 16.8. The molecule has 0 aliphatic carbocycles. The van der Waals surface area contributed by atoms with Crippen LogP contribution in [-0.2, 0) is 28.6 Å². The average molecular weight is 933 g/mol. The molecule has 6 heteroatoms. The van der Waals surface area contributed by atoms with Crippen LogP contribution in [0.15, 0.2) is 85.1 Å². The van der Waals surface area contributed by atoms with Crippen molar-refractivity contribution in [2.45, 2.75) is 271 Å². The van der Waals surface area contributed by atoms with Crippen LogP contribution >= 0.6 is 0 Å². The fraction of sp³-hybridized carbons (Fsp3) is 0.721. The molecule has 67 heavy (non-hydrogen) atoms. The van der Waals surface area contributed by atoms with E-state index in [0.29, 0.717) is 19.3 Å². The zero-order chi connectivity index (χ0) is 48.6. The molecule has 0 saturated heterocycles. The molecule has 1 atom stereocenters. The first-order valence-electron chi connectivity index (χ1n) is 28.1. The Morgan fingerprint density at radius 1 is 0.313 bits per heavy atom. The topological polar surface area (TPSA) is 78.9 Å². The van der Waals surface area contributed by atoms with E-state index in [1.54, 1.807) is 0 Å². The lowest BCUT2D eigenvalue weighted by Crippen LogP contribution is -2.30. The van der Waals surface area contributed by atoms with Gasteiger partial charge in [-0.1, -0.05) is 241 Å². The smallest absolute Gasteiger partial charge is 0.306 e. The molecule has 0 rings (SSSR count). The maximum absolute atomic E-state index is 12.8. The van der Waals surface area contributed by atoms with Gasteiger partial charge in [0, 0.05) is 19.3 Å². The summed E-state index contributed by atoms with van der Waals surface area (Å²) in [4.78, 5) is 37.9. The van der Waals surface area contributed by atoms with Gasteiger partial charge in [0.25, 0.3) is 0 Å². The average Bonchev–Trinajstić information content (AvgIpc) is 3.33. The van der Waals surface area contributed by atoms with Crippen molar-refractivity contribution in [3.05, 3.63) is 85.1 Å². The van der Waals surface area contributed by atoms with Crippen LogP contribution in [0.25, 0.3) is 0 Å². The van der Waals surface area contributed by atoms with E-state index in [1.807, 2.05) is 0 Å². The van der Waals surface area contributed by atoms with E-state index in [-0.39, 0.29) is 31.1 Å². The molecule has 0 aromatic carbocycles. The maximum Gasteiger partial charge on any atom is 0.306 e. The Labute approximate surface area is 414 Å². The summed E-state index contributed by atoms with van der Waals surface area (Å²) in [6, 6.07) is 0. The molecule has 6 nitrogen and oxygen atoms in total. The number of carbonyl (C=O) groups excluding carboxylic acids is 3. The van der Waals surface area contributed by atoms with Crippen LogP contribution < -0.4 is 0 Å². The predicted octanol–water partition coefficient (Wildman–Crippen LogP) is 18.8. The van der Waals surface area contributed by atoms with Crippen molar-refractivity contribution < 1.29 is 28.6 Å². The van der Waals surface area contributed by atoms with Gasteiger partial charge in [-0.3, -0.25) is 14.4 Å². The highest BCUT2D eigenvalue weighted by atomic mass is 16.6. The van der Waals surface area contributed by atoms with Gasteiger partial charge in [0.05, 0.1) is 0 Å². The van der Waals surface area contributed by atoms with Gasteiger partial charge in [0.2, 0.25) is 0 Å². The van der Waals surface area contributed by atoms with Crippen LogP contribution in [0, 0.1) is 0 Å². The van der Waals surface area contributed by atoms with Crippen LogP contribution in [0.5, 0.6) is 0 Å². The van der Waals surface area contributed by atoms with Crippen molar-refractivity contribution >= 4 is 17.9 Å². The van der Waals surface area contributed by atoms with Crippen molar-refractivity contribution in [2.75, 3.05) is 13.2 Å². The van der Waals surface area contributed by atoms with E-state index in [4.69, 9.17) is 14.2 Å². The Hall–Kier alpha value is -3.41. The molecular formula is C61H104O6. The number of hydrogen-bond acceptors (Lipinski definition) is 6. The second-order valence-electron chi connectivity index (χ2n) is 18.5. The normalized spacial score (nSPS) is 12.7. The Morgan fingerprint density at radius 3 is 0.955 bits per heavy atom. The number of ether oxygens (including phenoxy) is 3. The summed E-state index contributed by atoms with van der Waals surface area (Å²) in [5.41, 5.74) is 0. The van der Waals surface area contributed by atoms with Gasteiger partial charge in [-0.2, -0.15) is 0 Å². The number of rotatable bonds is 50. The number of allylic oxidation sites excluding steroid dienone is 14. The molecule has 0 heterocycles. The second kappa shape index (κ2) is 55.2. The molecule has 0 amide bonds. The van der Waals surface area contributed by atoms with Crippen molar-refractivity contribution in [3.63, 3.8) is 0 Å². The minimum absolute atomic E-state index is 0.0813. The lowest BCUT2D eigenvalue weighted by Gasteiger charge is -2.18. The predicted molar refractivity (Wildman–Crippen MR) is 288 cm³/mol. The molecule has 0 aliphatic rings. The zero-order valence-corrected chi connectivity index (χ0v) is 43.9. The van der Waals surface area contributed by atoms with E-state index in [9.17, 15) is 14.4 Å². The molecule has 0 aromatic rings. The summed E-state index contributed by atoms with van der Waals surface area (Å²) in [5.74, 6) is -0.900. The molecule has 0 bridgehead atoms. The highest BCUT2D eigenvalue weighted by Gasteiger charge is 2.19. The van der Waals surface area contributed by atoms with Crippen molar-refractivity contribution in [2.24, 2.45) is 0 Å². The number of hydrogen-bond donors (Lipinski definition) is 0.